The number of carbonyl (C=O) groups excluding carboxylic acids is 1. The van der Waals surface area contributed by atoms with Crippen molar-refractivity contribution in [1.82, 2.24) is 10.2 Å². The third-order valence-corrected chi connectivity index (χ3v) is 4.07. The third-order valence-electron chi connectivity index (χ3n) is 3.25. The van der Waals surface area contributed by atoms with Crippen LogP contribution in [0.4, 0.5) is 0 Å². The minimum atomic E-state index is -0.0268. The number of hydrogen-bond acceptors (Lipinski definition) is 2. The molecule has 0 bridgehead atoms. The average Bonchev–Trinajstić information content (AvgIpc) is 2.81. The second kappa shape index (κ2) is 5.91. The van der Waals surface area contributed by atoms with E-state index in [0.29, 0.717) is 21.5 Å². The molecule has 1 aromatic carbocycles. The summed E-state index contributed by atoms with van der Waals surface area (Å²) in [6.45, 7) is 2.50. The average molecular weight is 287 g/mol. The Kier molecular flexibility index (Phi) is 4.49. The first kappa shape index (κ1) is 13.7. The summed E-state index contributed by atoms with van der Waals surface area (Å²) < 4.78 is 0. The highest BCUT2D eigenvalue weighted by molar-refractivity contribution is 6.43. The van der Waals surface area contributed by atoms with Crippen molar-refractivity contribution in [2.75, 3.05) is 26.7 Å². The molecule has 1 aliphatic rings. The molecule has 0 aromatic heterocycles. The second-order valence-electron chi connectivity index (χ2n) is 4.56. The van der Waals surface area contributed by atoms with Crippen molar-refractivity contribution in [2.45, 2.75) is 6.42 Å². The van der Waals surface area contributed by atoms with Crippen molar-refractivity contribution in [3.05, 3.63) is 33.8 Å². The van der Waals surface area contributed by atoms with Crippen molar-refractivity contribution < 1.29 is 4.79 Å². The van der Waals surface area contributed by atoms with Gasteiger partial charge in [-0.1, -0.05) is 29.3 Å². The van der Waals surface area contributed by atoms with Crippen molar-refractivity contribution in [2.24, 2.45) is 5.92 Å². The standard InChI is InChI=1S/C13H16Cl2N2O/c1-16-7-9-5-6-17(8-9)13(18)10-3-2-4-11(14)12(10)15/h2-4,9,16H,5-8H2,1H3/t9-/m1/s1. The summed E-state index contributed by atoms with van der Waals surface area (Å²) >= 11 is 12.0. The number of rotatable bonds is 3. The Morgan fingerprint density at radius 1 is 1.50 bits per heavy atom. The first-order chi connectivity index (χ1) is 8.63. The lowest BCUT2D eigenvalue weighted by atomic mass is 10.1. The SMILES string of the molecule is CNC[C@H]1CCN(C(=O)c2cccc(Cl)c2Cl)C1. The number of hydrogen-bond donors (Lipinski definition) is 1. The van der Waals surface area contributed by atoms with Gasteiger partial charge in [0.2, 0.25) is 0 Å². The van der Waals surface area contributed by atoms with E-state index in [1.54, 1.807) is 18.2 Å². The van der Waals surface area contributed by atoms with Gasteiger partial charge >= 0.3 is 0 Å². The van der Waals surface area contributed by atoms with Gasteiger partial charge in [-0.25, -0.2) is 0 Å². The van der Waals surface area contributed by atoms with Crippen LogP contribution in [-0.2, 0) is 0 Å². The van der Waals surface area contributed by atoms with Gasteiger partial charge in [-0.05, 0) is 38.1 Å². The summed E-state index contributed by atoms with van der Waals surface area (Å²) in [5, 5.41) is 3.92. The molecule has 0 spiro atoms. The van der Waals surface area contributed by atoms with E-state index in [4.69, 9.17) is 23.2 Å². The molecule has 1 fully saturated rings. The van der Waals surface area contributed by atoms with Crippen LogP contribution in [0.5, 0.6) is 0 Å². The zero-order chi connectivity index (χ0) is 13.1. The number of nitrogens with one attached hydrogen (secondary N) is 1. The summed E-state index contributed by atoms with van der Waals surface area (Å²) in [4.78, 5) is 14.2. The largest absolute Gasteiger partial charge is 0.338 e. The minimum Gasteiger partial charge on any atom is -0.338 e. The summed E-state index contributed by atoms with van der Waals surface area (Å²) in [6.07, 6.45) is 1.03. The van der Waals surface area contributed by atoms with E-state index >= 15 is 0 Å². The quantitative estimate of drug-likeness (QED) is 0.927. The van der Waals surface area contributed by atoms with Crippen molar-refractivity contribution in [3.63, 3.8) is 0 Å². The highest BCUT2D eigenvalue weighted by Crippen LogP contribution is 2.28. The number of halogens is 2. The molecule has 2 rings (SSSR count). The second-order valence-corrected chi connectivity index (χ2v) is 5.35. The van der Waals surface area contributed by atoms with Gasteiger partial charge < -0.3 is 10.2 Å². The van der Waals surface area contributed by atoms with Gasteiger partial charge in [-0.2, -0.15) is 0 Å². The highest BCUT2D eigenvalue weighted by atomic mass is 35.5. The molecule has 1 aromatic rings. The molecule has 0 radical (unpaired) electrons. The van der Waals surface area contributed by atoms with Crippen LogP contribution >= 0.6 is 23.2 Å². The molecule has 1 N–H and O–H groups in total. The molecule has 1 aliphatic heterocycles. The molecule has 18 heavy (non-hydrogen) atoms. The van der Waals surface area contributed by atoms with E-state index in [1.165, 1.54) is 0 Å². The summed E-state index contributed by atoms with van der Waals surface area (Å²) in [5.74, 6) is 0.498. The zero-order valence-electron chi connectivity index (χ0n) is 10.2. The smallest absolute Gasteiger partial charge is 0.255 e. The topological polar surface area (TPSA) is 32.3 Å². The molecule has 5 heteroatoms. The van der Waals surface area contributed by atoms with E-state index in [2.05, 4.69) is 5.32 Å². The maximum absolute atomic E-state index is 12.3. The zero-order valence-corrected chi connectivity index (χ0v) is 11.8. The Morgan fingerprint density at radius 3 is 3.00 bits per heavy atom. The lowest BCUT2D eigenvalue weighted by molar-refractivity contribution is 0.0787. The molecule has 3 nitrogen and oxygen atoms in total. The van der Waals surface area contributed by atoms with Crippen molar-refractivity contribution >= 4 is 29.1 Å². The summed E-state index contributed by atoms with van der Waals surface area (Å²) in [6, 6.07) is 5.17. The number of benzene rings is 1. The number of amides is 1. The Labute approximate surface area is 117 Å². The van der Waals surface area contributed by atoms with Crippen molar-refractivity contribution in [1.29, 1.82) is 0 Å². The van der Waals surface area contributed by atoms with E-state index in [9.17, 15) is 4.79 Å². The van der Waals surface area contributed by atoms with Crippen molar-refractivity contribution in [3.8, 4) is 0 Å². The molecular formula is C13H16Cl2N2O. The van der Waals surface area contributed by atoms with Gasteiger partial charge in [0.1, 0.15) is 0 Å². The van der Waals surface area contributed by atoms with Gasteiger partial charge in [0.25, 0.3) is 5.91 Å². The van der Waals surface area contributed by atoms with Gasteiger partial charge in [0.15, 0.2) is 0 Å². The molecule has 0 unspecified atom stereocenters. The number of likely N-dealkylation sites (tertiary alicyclic amines) is 1. The molecule has 0 aliphatic carbocycles. The van der Waals surface area contributed by atoms with Gasteiger partial charge in [0, 0.05) is 13.1 Å². The Balaban J connectivity index is 2.11. The lowest BCUT2D eigenvalue weighted by Crippen LogP contribution is -2.30. The van der Waals surface area contributed by atoms with E-state index in [0.717, 1.165) is 26.1 Å². The van der Waals surface area contributed by atoms with E-state index in [1.807, 2.05) is 11.9 Å². The summed E-state index contributed by atoms with van der Waals surface area (Å²) in [5.41, 5.74) is 0.495. The highest BCUT2D eigenvalue weighted by Gasteiger charge is 2.27. The lowest BCUT2D eigenvalue weighted by Gasteiger charge is -2.17. The molecule has 98 valence electrons. The molecule has 0 saturated carbocycles. The monoisotopic (exact) mass is 286 g/mol. The Hall–Kier alpha value is -0.770. The first-order valence-corrected chi connectivity index (χ1v) is 6.77. The third kappa shape index (κ3) is 2.79. The van der Waals surface area contributed by atoms with Crippen LogP contribution in [0.2, 0.25) is 10.0 Å². The fourth-order valence-corrected chi connectivity index (χ4v) is 2.69. The molecule has 1 saturated heterocycles. The van der Waals surface area contributed by atoms with Gasteiger partial charge in [-0.3, -0.25) is 4.79 Å². The fourth-order valence-electron chi connectivity index (χ4n) is 2.31. The summed E-state index contributed by atoms with van der Waals surface area (Å²) in [7, 11) is 1.93. The minimum absolute atomic E-state index is 0.0268. The number of nitrogens with zero attached hydrogens (tertiary/aromatic N) is 1. The van der Waals surface area contributed by atoms with Crippen LogP contribution in [0.15, 0.2) is 18.2 Å². The van der Waals surface area contributed by atoms with Crippen LogP contribution in [0.3, 0.4) is 0 Å². The van der Waals surface area contributed by atoms with Crippen LogP contribution in [0, 0.1) is 5.92 Å². The van der Waals surface area contributed by atoms with E-state index < -0.39 is 0 Å². The normalized spacial score (nSPS) is 19.3. The van der Waals surface area contributed by atoms with Gasteiger partial charge in [-0.15, -0.1) is 0 Å². The molecule has 1 heterocycles. The molecule has 1 amide bonds. The maximum atomic E-state index is 12.3. The first-order valence-electron chi connectivity index (χ1n) is 6.01. The Bertz CT molecular complexity index is 451. The van der Waals surface area contributed by atoms with Crippen LogP contribution in [0.1, 0.15) is 16.8 Å². The van der Waals surface area contributed by atoms with E-state index in [-0.39, 0.29) is 5.91 Å². The predicted molar refractivity (Wildman–Crippen MR) is 74.4 cm³/mol. The van der Waals surface area contributed by atoms with Crippen LogP contribution in [-0.4, -0.2) is 37.5 Å². The Morgan fingerprint density at radius 2 is 2.28 bits per heavy atom. The van der Waals surface area contributed by atoms with Crippen LogP contribution in [0.25, 0.3) is 0 Å². The number of carbonyl (C=O) groups is 1. The van der Waals surface area contributed by atoms with Gasteiger partial charge in [0.05, 0.1) is 15.6 Å². The van der Waals surface area contributed by atoms with Crippen LogP contribution < -0.4 is 5.32 Å². The molecule has 1 atom stereocenters. The predicted octanol–water partition coefficient (Wildman–Crippen LogP) is 2.67. The fraction of sp³-hybridized carbons (Fsp3) is 0.462. The maximum Gasteiger partial charge on any atom is 0.255 e. The molecular weight excluding hydrogens is 271 g/mol.